The second-order valence-electron chi connectivity index (χ2n) is 6.10. The van der Waals surface area contributed by atoms with Crippen molar-refractivity contribution in [3.63, 3.8) is 0 Å². The summed E-state index contributed by atoms with van der Waals surface area (Å²) in [6.07, 6.45) is -3.64. The minimum atomic E-state index is -3.64. The Bertz CT molecular complexity index is 961. The van der Waals surface area contributed by atoms with Gasteiger partial charge in [-0.25, -0.2) is 4.98 Å². The summed E-state index contributed by atoms with van der Waals surface area (Å²) in [4.78, 5) is 8.98. The maximum Gasteiger partial charge on any atom is 0.586 e. The molecule has 0 radical (unpaired) electrons. The maximum atomic E-state index is 13.3. The number of nitrogens with one attached hydrogen (secondary N) is 2. The number of halogens is 2. The zero-order chi connectivity index (χ0) is 18.3. The van der Waals surface area contributed by atoms with E-state index in [9.17, 15) is 8.78 Å². The van der Waals surface area contributed by atoms with Crippen molar-refractivity contribution in [3.8, 4) is 11.5 Å². The number of rotatable bonds is 5. The molecule has 26 heavy (non-hydrogen) atoms. The van der Waals surface area contributed by atoms with Crippen LogP contribution in [0.1, 0.15) is 19.4 Å². The van der Waals surface area contributed by atoms with E-state index in [1.165, 1.54) is 17.4 Å². The Morgan fingerprint density at radius 1 is 1.19 bits per heavy atom. The number of ether oxygens (including phenoxy) is 2. The standard InChI is InChI=1S/C17H16F2N4O2S/c1-9(2)21-16-22-11-6-7-26-14(11)15(23-16)20-8-10-4-3-5-12-13(10)25-17(18,19)24-12/h3-7,9H,8H2,1-2H3,(H2,20,21,22,23). The first kappa shape index (κ1) is 16.8. The number of benzene rings is 1. The summed E-state index contributed by atoms with van der Waals surface area (Å²) in [5.41, 5.74) is 1.38. The van der Waals surface area contributed by atoms with Gasteiger partial charge in [0.15, 0.2) is 11.5 Å². The summed E-state index contributed by atoms with van der Waals surface area (Å²) in [5, 5.41) is 8.31. The normalized spacial score (nSPS) is 14.8. The first-order valence-electron chi connectivity index (χ1n) is 8.05. The van der Waals surface area contributed by atoms with E-state index in [-0.39, 0.29) is 24.1 Å². The first-order valence-corrected chi connectivity index (χ1v) is 8.92. The number of anilines is 2. The third-order valence-corrected chi connectivity index (χ3v) is 4.59. The number of hydrogen-bond acceptors (Lipinski definition) is 7. The lowest BCUT2D eigenvalue weighted by atomic mass is 10.2. The summed E-state index contributed by atoms with van der Waals surface area (Å²) >= 11 is 1.51. The molecule has 4 rings (SSSR count). The molecule has 0 saturated carbocycles. The van der Waals surface area contributed by atoms with Crippen molar-refractivity contribution in [2.24, 2.45) is 0 Å². The SMILES string of the molecule is CC(C)Nc1nc(NCc2cccc3c2OC(F)(F)O3)c2sccc2n1. The van der Waals surface area contributed by atoms with Crippen molar-refractivity contribution in [2.45, 2.75) is 32.7 Å². The van der Waals surface area contributed by atoms with Gasteiger partial charge >= 0.3 is 6.29 Å². The fourth-order valence-corrected chi connectivity index (χ4v) is 3.45. The van der Waals surface area contributed by atoms with Gasteiger partial charge < -0.3 is 20.1 Å². The summed E-state index contributed by atoms with van der Waals surface area (Å²) in [6.45, 7) is 4.26. The van der Waals surface area contributed by atoms with Gasteiger partial charge in [0.1, 0.15) is 5.82 Å². The van der Waals surface area contributed by atoms with Crippen LogP contribution in [-0.2, 0) is 6.54 Å². The molecule has 2 N–H and O–H groups in total. The summed E-state index contributed by atoms with van der Waals surface area (Å²) in [5.74, 6) is 1.22. The molecule has 0 saturated heterocycles. The van der Waals surface area contributed by atoms with Crippen molar-refractivity contribution < 1.29 is 18.3 Å². The number of aromatic nitrogens is 2. The van der Waals surface area contributed by atoms with Crippen LogP contribution in [-0.4, -0.2) is 22.3 Å². The molecule has 1 aromatic carbocycles. The highest BCUT2D eigenvalue weighted by Gasteiger charge is 2.44. The molecule has 9 heteroatoms. The number of fused-ring (bicyclic) bond motifs is 2. The molecule has 3 heterocycles. The van der Waals surface area contributed by atoms with Gasteiger partial charge in [-0.05, 0) is 31.4 Å². The summed E-state index contributed by atoms with van der Waals surface area (Å²) < 4.78 is 36.7. The monoisotopic (exact) mass is 378 g/mol. The molecule has 2 aromatic heterocycles. The molecule has 0 unspecified atom stereocenters. The van der Waals surface area contributed by atoms with Gasteiger partial charge in [-0.2, -0.15) is 4.98 Å². The van der Waals surface area contributed by atoms with Gasteiger partial charge in [-0.1, -0.05) is 12.1 Å². The molecule has 0 bridgehead atoms. The topological polar surface area (TPSA) is 68.3 Å². The number of nitrogens with zero attached hydrogens (tertiary/aromatic N) is 2. The molecule has 0 fully saturated rings. The number of thiophene rings is 1. The van der Waals surface area contributed by atoms with E-state index in [4.69, 9.17) is 0 Å². The summed E-state index contributed by atoms with van der Waals surface area (Å²) in [6, 6.07) is 6.90. The Hall–Kier alpha value is -2.68. The van der Waals surface area contributed by atoms with Crippen molar-refractivity contribution in [1.82, 2.24) is 9.97 Å². The Kier molecular flexibility index (Phi) is 4.03. The van der Waals surface area contributed by atoms with Crippen molar-refractivity contribution in [1.29, 1.82) is 0 Å². The van der Waals surface area contributed by atoms with Gasteiger partial charge in [0.2, 0.25) is 5.95 Å². The predicted molar refractivity (Wildman–Crippen MR) is 96.1 cm³/mol. The van der Waals surface area contributed by atoms with E-state index in [0.717, 1.165) is 10.2 Å². The molecule has 0 amide bonds. The van der Waals surface area contributed by atoms with Gasteiger partial charge in [-0.15, -0.1) is 20.1 Å². The van der Waals surface area contributed by atoms with E-state index < -0.39 is 6.29 Å². The molecule has 136 valence electrons. The highest BCUT2D eigenvalue weighted by Crippen LogP contribution is 2.43. The Balaban J connectivity index is 1.61. The minimum absolute atomic E-state index is 0.0282. The molecular formula is C17H16F2N4O2S. The maximum absolute atomic E-state index is 13.3. The smallest absolute Gasteiger partial charge is 0.395 e. The second kappa shape index (κ2) is 6.24. The summed E-state index contributed by atoms with van der Waals surface area (Å²) in [7, 11) is 0. The fourth-order valence-electron chi connectivity index (χ4n) is 2.65. The lowest BCUT2D eigenvalue weighted by Gasteiger charge is -2.12. The Labute approximate surface area is 152 Å². The number of alkyl halides is 2. The molecule has 6 nitrogen and oxygen atoms in total. The van der Waals surface area contributed by atoms with Gasteiger partial charge in [0.25, 0.3) is 0 Å². The van der Waals surface area contributed by atoms with E-state index in [0.29, 0.717) is 17.3 Å². The van der Waals surface area contributed by atoms with Crippen LogP contribution < -0.4 is 20.1 Å². The van der Waals surface area contributed by atoms with Crippen LogP contribution in [0.15, 0.2) is 29.6 Å². The van der Waals surface area contributed by atoms with Crippen LogP contribution in [0.3, 0.4) is 0 Å². The van der Waals surface area contributed by atoms with Crippen molar-refractivity contribution in [2.75, 3.05) is 10.6 Å². The van der Waals surface area contributed by atoms with Crippen LogP contribution in [0, 0.1) is 0 Å². The lowest BCUT2D eigenvalue weighted by molar-refractivity contribution is -0.286. The highest BCUT2D eigenvalue weighted by atomic mass is 32.1. The zero-order valence-corrected chi connectivity index (χ0v) is 14.9. The van der Waals surface area contributed by atoms with Crippen molar-refractivity contribution >= 4 is 33.3 Å². The van der Waals surface area contributed by atoms with Gasteiger partial charge in [-0.3, -0.25) is 0 Å². The van der Waals surface area contributed by atoms with Crippen LogP contribution >= 0.6 is 11.3 Å². The van der Waals surface area contributed by atoms with Crippen LogP contribution in [0.4, 0.5) is 20.5 Å². The predicted octanol–water partition coefficient (Wildman–Crippen LogP) is 4.45. The Morgan fingerprint density at radius 3 is 2.85 bits per heavy atom. The fraction of sp³-hybridized carbons (Fsp3) is 0.294. The van der Waals surface area contributed by atoms with Gasteiger partial charge in [0, 0.05) is 18.2 Å². The van der Waals surface area contributed by atoms with Crippen LogP contribution in [0.2, 0.25) is 0 Å². The third kappa shape index (κ3) is 3.22. The minimum Gasteiger partial charge on any atom is -0.395 e. The van der Waals surface area contributed by atoms with E-state index in [1.807, 2.05) is 25.3 Å². The molecule has 0 atom stereocenters. The van der Waals surface area contributed by atoms with E-state index >= 15 is 0 Å². The zero-order valence-electron chi connectivity index (χ0n) is 14.0. The molecule has 0 spiro atoms. The average Bonchev–Trinajstić information content (AvgIpc) is 3.14. The molecule has 1 aliphatic rings. The first-order chi connectivity index (χ1) is 12.4. The molecular weight excluding hydrogens is 362 g/mol. The molecule has 3 aromatic rings. The van der Waals surface area contributed by atoms with E-state index in [1.54, 1.807) is 12.1 Å². The number of para-hydroxylation sites is 1. The van der Waals surface area contributed by atoms with E-state index in [2.05, 4.69) is 30.1 Å². The largest absolute Gasteiger partial charge is 0.586 e. The molecule has 0 aliphatic carbocycles. The van der Waals surface area contributed by atoms with Crippen LogP contribution in [0.5, 0.6) is 11.5 Å². The Morgan fingerprint density at radius 2 is 2.04 bits per heavy atom. The number of hydrogen-bond donors (Lipinski definition) is 2. The third-order valence-electron chi connectivity index (χ3n) is 3.68. The molecule has 1 aliphatic heterocycles. The quantitative estimate of drug-likeness (QED) is 0.684. The lowest BCUT2D eigenvalue weighted by Crippen LogP contribution is -2.26. The average molecular weight is 378 g/mol. The van der Waals surface area contributed by atoms with Crippen LogP contribution in [0.25, 0.3) is 10.2 Å². The second-order valence-corrected chi connectivity index (χ2v) is 7.01. The van der Waals surface area contributed by atoms with Crippen molar-refractivity contribution in [3.05, 3.63) is 35.2 Å². The van der Waals surface area contributed by atoms with Gasteiger partial charge in [0.05, 0.1) is 10.2 Å². The highest BCUT2D eigenvalue weighted by molar-refractivity contribution is 7.17.